The predicted molar refractivity (Wildman–Crippen MR) is 123 cm³/mol. The minimum Gasteiger partial charge on any atom is -0.478 e. The Kier molecular flexibility index (Phi) is 8.67. The number of carbonyl (C=O) groups is 2. The zero-order valence-corrected chi connectivity index (χ0v) is 22.3. The summed E-state index contributed by atoms with van der Waals surface area (Å²) in [6.45, 7) is 16.2. The SMILES string of the molecule is CC(C)(C)[C@H](CO[Si](C)(C)C(C)(C)C)NC(=O)c1ccc(OS(=O)(=O)C(F)(F)F)c(C(=O)O)c1. The Morgan fingerprint density at radius 2 is 1.62 bits per heavy atom. The number of carboxylic acids is 1. The fourth-order valence-corrected chi connectivity index (χ4v) is 3.83. The first kappa shape index (κ1) is 29.9. The summed E-state index contributed by atoms with van der Waals surface area (Å²) in [7, 11) is -8.23. The third-order valence-electron chi connectivity index (χ3n) is 5.72. The molecule has 0 fully saturated rings. The minimum absolute atomic E-state index is 0.0670. The van der Waals surface area contributed by atoms with Gasteiger partial charge in [-0.1, -0.05) is 41.5 Å². The topological polar surface area (TPSA) is 119 Å². The first-order valence-corrected chi connectivity index (χ1v) is 14.6. The Labute approximate surface area is 199 Å². The molecule has 1 atom stereocenters. The highest BCUT2D eigenvalue weighted by Crippen LogP contribution is 2.37. The third-order valence-corrected chi connectivity index (χ3v) is 11.2. The maximum atomic E-state index is 12.9. The molecule has 0 unspecified atom stereocenters. The monoisotopic (exact) mass is 527 g/mol. The van der Waals surface area contributed by atoms with Crippen molar-refractivity contribution in [3.8, 4) is 5.75 Å². The lowest BCUT2D eigenvalue weighted by Crippen LogP contribution is -2.51. The second-order valence-electron chi connectivity index (χ2n) is 10.5. The largest absolute Gasteiger partial charge is 0.534 e. The summed E-state index contributed by atoms with van der Waals surface area (Å²) in [6.07, 6.45) is 0. The molecule has 0 saturated carbocycles. The second-order valence-corrected chi connectivity index (χ2v) is 16.8. The van der Waals surface area contributed by atoms with Crippen LogP contribution < -0.4 is 9.50 Å². The van der Waals surface area contributed by atoms with Gasteiger partial charge in [0.05, 0.1) is 12.6 Å². The molecule has 0 aliphatic carbocycles. The van der Waals surface area contributed by atoms with E-state index in [1.807, 2.05) is 20.8 Å². The van der Waals surface area contributed by atoms with Gasteiger partial charge in [-0.3, -0.25) is 4.79 Å². The van der Waals surface area contributed by atoms with Crippen LogP contribution >= 0.6 is 0 Å². The van der Waals surface area contributed by atoms with E-state index >= 15 is 0 Å². The summed E-state index contributed by atoms with van der Waals surface area (Å²) in [5.74, 6) is -3.53. The molecule has 0 aromatic heterocycles. The van der Waals surface area contributed by atoms with Crippen molar-refractivity contribution in [2.24, 2.45) is 5.41 Å². The Morgan fingerprint density at radius 1 is 1.09 bits per heavy atom. The molecular formula is C21H32F3NO7SSi. The molecule has 0 spiro atoms. The highest BCUT2D eigenvalue weighted by atomic mass is 32.2. The van der Waals surface area contributed by atoms with Gasteiger partial charge in [0.25, 0.3) is 5.91 Å². The maximum absolute atomic E-state index is 12.9. The minimum atomic E-state index is -6.09. The molecule has 2 N–H and O–H groups in total. The standard InChI is InChI=1S/C21H32F3NO7SSi/c1-19(2,3)16(12-31-34(7,8)20(4,5)6)25-17(26)13-9-10-15(14(11-13)18(27)28)32-33(29,30)21(22,23)24/h9-11,16H,12H2,1-8H3,(H,25,26)(H,27,28)/t16-/m0/s1. The molecule has 0 saturated heterocycles. The van der Waals surface area contributed by atoms with E-state index in [1.54, 1.807) is 0 Å². The molecule has 1 amide bonds. The quantitative estimate of drug-likeness (QED) is 0.284. The van der Waals surface area contributed by atoms with Gasteiger partial charge < -0.3 is 19.0 Å². The summed E-state index contributed by atoms with van der Waals surface area (Å²) < 4.78 is 70.5. The first-order chi connectivity index (χ1) is 15.0. The van der Waals surface area contributed by atoms with E-state index in [2.05, 4.69) is 43.4 Å². The molecule has 0 heterocycles. The molecule has 0 bridgehead atoms. The van der Waals surface area contributed by atoms with Gasteiger partial charge in [-0.2, -0.15) is 21.6 Å². The molecule has 34 heavy (non-hydrogen) atoms. The number of hydrogen-bond donors (Lipinski definition) is 2. The van der Waals surface area contributed by atoms with E-state index in [0.29, 0.717) is 6.07 Å². The molecule has 13 heteroatoms. The molecule has 8 nitrogen and oxygen atoms in total. The van der Waals surface area contributed by atoms with Crippen molar-refractivity contribution >= 4 is 30.3 Å². The molecular weight excluding hydrogens is 495 g/mol. The molecule has 0 aliphatic heterocycles. The third kappa shape index (κ3) is 7.44. The lowest BCUT2D eigenvalue weighted by Gasteiger charge is -2.39. The average molecular weight is 528 g/mol. The molecule has 1 aromatic carbocycles. The Bertz CT molecular complexity index is 1030. The predicted octanol–water partition coefficient (Wildman–Crippen LogP) is 4.78. The maximum Gasteiger partial charge on any atom is 0.534 e. The van der Waals surface area contributed by atoms with Crippen LogP contribution in [0.1, 0.15) is 62.3 Å². The van der Waals surface area contributed by atoms with E-state index in [9.17, 15) is 36.3 Å². The summed E-state index contributed by atoms with van der Waals surface area (Å²) >= 11 is 0. The average Bonchev–Trinajstić information content (AvgIpc) is 2.61. The Hall–Kier alpha value is -2.12. The van der Waals surface area contributed by atoms with E-state index in [4.69, 9.17) is 4.43 Å². The summed E-state index contributed by atoms with van der Waals surface area (Å²) in [6, 6.07) is 1.95. The lowest BCUT2D eigenvalue weighted by molar-refractivity contribution is -0.0500. The van der Waals surface area contributed by atoms with Crippen molar-refractivity contribution in [3.63, 3.8) is 0 Å². The van der Waals surface area contributed by atoms with Crippen LogP contribution in [0.15, 0.2) is 18.2 Å². The van der Waals surface area contributed by atoms with Gasteiger partial charge in [0, 0.05) is 5.56 Å². The smallest absolute Gasteiger partial charge is 0.478 e. The van der Waals surface area contributed by atoms with Crippen LogP contribution in [-0.4, -0.2) is 51.9 Å². The van der Waals surface area contributed by atoms with Crippen molar-refractivity contribution in [2.45, 2.75) is 71.2 Å². The van der Waals surface area contributed by atoms with Crippen LogP contribution in [0.25, 0.3) is 0 Å². The lowest BCUT2D eigenvalue weighted by atomic mass is 9.87. The summed E-state index contributed by atoms with van der Waals surface area (Å²) in [5, 5.41) is 12.0. The van der Waals surface area contributed by atoms with Crippen LogP contribution in [-0.2, 0) is 14.5 Å². The highest BCUT2D eigenvalue weighted by molar-refractivity contribution is 7.88. The molecule has 1 aromatic rings. The van der Waals surface area contributed by atoms with Crippen molar-refractivity contribution in [3.05, 3.63) is 29.3 Å². The number of aromatic carboxylic acids is 1. The van der Waals surface area contributed by atoms with Gasteiger partial charge in [0.1, 0.15) is 5.56 Å². The van der Waals surface area contributed by atoms with Crippen molar-refractivity contribution < 1.29 is 44.9 Å². The van der Waals surface area contributed by atoms with Gasteiger partial charge in [-0.05, 0) is 41.7 Å². The zero-order valence-electron chi connectivity index (χ0n) is 20.5. The van der Waals surface area contributed by atoms with Gasteiger partial charge in [-0.15, -0.1) is 0 Å². The number of nitrogens with one attached hydrogen (secondary N) is 1. The number of hydrogen-bond acceptors (Lipinski definition) is 6. The number of rotatable bonds is 8. The van der Waals surface area contributed by atoms with Gasteiger partial charge in [0.15, 0.2) is 14.1 Å². The van der Waals surface area contributed by atoms with E-state index in [1.165, 1.54) is 0 Å². The number of alkyl halides is 3. The first-order valence-electron chi connectivity index (χ1n) is 10.3. The molecule has 0 radical (unpaired) electrons. The van der Waals surface area contributed by atoms with Gasteiger partial charge in [-0.25, -0.2) is 4.79 Å². The number of halogens is 3. The normalized spacial score (nSPS) is 14.4. The van der Waals surface area contributed by atoms with E-state index in [0.717, 1.165) is 12.1 Å². The fraction of sp³-hybridized carbons (Fsp3) is 0.619. The van der Waals surface area contributed by atoms with E-state index in [-0.39, 0.29) is 17.2 Å². The summed E-state index contributed by atoms with van der Waals surface area (Å²) in [5.41, 5.74) is -7.30. The van der Waals surface area contributed by atoms with E-state index < -0.39 is 58.6 Å². The summed E-state index contributed by atoms with van der Waals surface area (Å²) in [4.78, 5) is 24.4. The van der Waals surface area contributed by atoms with Crippen molar-refractivity contribution in [1.82, 2.24) is 5.32 Å². The number of benzene rings is 1. The number of carbonyl (C=O) groups excluding carboxylic acids is 1. The van der Waals surface area contributed by atoms with Crippen molar-refractivity contribution in [2.75, 3.05) is 6.61 Å². The molecule has 0 aliphatic rings. The fourth-order valence-electron chi connectivity index (χ4n) is 2.33. The molecule has 194 valence electrons. The Morgan fingerprint density at radius 3 is 2.03 bits per heavy atom. The van der Waals surface area contributed by atoms with Crippen LogP contribution in [0.3, 0.4) is 0 Å². The number of amides is 1. The highest BCUT2D eigenvalue weighted by Gasteiger charge is 2.49. The Balaban J connectivity index is 3.22. The second kappa shape index (κ2) is 9.86. The van der Waals surface area contributed by atoms with Gasteiger partial charge >= 0.3 is 21.6 Å². The van der Waals surface area contributed by atoms with Gasteiger partial charge in [0.2, 0.25) is 0 Å². The molecule has 1 rings (SSSR count). The van der Waals surface area contributed by atoms with Crippen molar-refractivity contribution in [1.29, 1.82) is 0 Å². The number of carboxylic acid groups (broad SMARTS) is 1. The van der Waals surface area contributed by atoms with Crippen LogP contribution in [0.2, 0.25) is 18.1 Å². The van der Waals surface area contributed by atoms with Crippen LogP contribution in [0.5, 0.6) is 5.75 Å². The van der Waals surface area contributed by atoms with Crippen LogP contribution in [0, 0.1) is 5.41 Å². The zero-order chi connectivity index (χ0) is 26.9. The van der Waals surface area contributed by atoms with Crippen LogP contribution in [0.4, 0.5) is 13.2 Å².